The third-order valence-corrected chi connectivity index (χ3v) is 5.41. The number of para-hydroxylation sites is 1. The first kappa shape index (κ1) is 20.3. The monoisotopic (exact) mass is 418 g/mol. The molecule has 0 saturated carbocycles. The van der Waals surface area contributed by atoms with Crippen LogP contribution >= 0.6 is 22.9 Å². The number of aryl methyl sites for hydroxylation is 1. The Morgan fingerprint density at radius 3 is 2.82 bits per heavy atom. The molecule has 0 aliphatic heterocycles. The molecule has 0 unspecified atom stereocenters. The fourth-order valence-corrected chi connectivity index (χ4v) is 3.87. The van der Waals surface area contributed by atoms with Gasteiger partial charge in [-0.05, 0) is 31.9 Å². The maximum Gasteiger partial charge on any atom is 0.262 e. The minimum absolute atomic E-state index is 0.265. The van der Waals surface area contributed by atoms with E-state index in [0.29, 0.717) is 21.8 Å². The highest BCUT2D eigenvalue weighted by Crippen LogP contribution is 2.25. The zero-order valence-electron chi connectivity index (χ0n) is 16.2. The molecule has 0 saturated heterocycles. The molecule has 28 heavy (non-hydrogen) atoms. The smallest absolute Gasteiger partial charge is 0.262 e. The topological polar surface area (TPSA) is 84.2 Å². The molecule has 1 aromatic carbocycles. The number of carbonyl (C=O) groups is 1. The third kappa shape index (κ3) is 4.69. The normalized spacial score (nSPS) is 12.8. The number of hydrazone groups is 1. The maximum atomic E-state index is 12.3. The minimum atomic E-state index is -0.488. The molecular formula is C19H23ClN6OS. The van der Waals surface area contributed by atoms with E-state index in [9.17, 15) is 4.79 Å². The number of carbonyl (C=O) groups excluding carboxylic acids is 1. The van der Waals surface area contributed by atoms with Gasteiger partial charge >= 0.3 is 0 Å². The number of rotatable bonds is 7. The second-order valence-corrected chi connectivity index (χ2v) is 8.34. The van der Waals surface area contributed by atoms with Crippen LogP contribution in [0.2, 0.25) is 5.15 Å². The van der Waals surface area contributed by atoms with Crippen molar-refractivity contribution >= 4 is 50.4 Å². The average Bonchev–Trinajstić information content (AvgIpc) is 3.16. The van der Waals surface area contributed by atoms with Crippen molar-refractivity contribution < 1.29 is 4.79 Å². The summed E-state index contributed by atoms with van der Waals surface area (Å²) in [6.07, 6.45) is 1.53. The van der Waals surface area contributed by atoms with E-state index in [4.69, 9.17) is 11.6 Å². The van der Waals surface area contributed by atoms with E-state index < -0.39 is 6.04 Å². The van der Waals surface area contributed by atoms with Crippen LogP contribution in [0, 0.1) is 12.8 Å². The molecule has 0 aliphatic carbocycles. The molecule has 7 nitrogen and oxygen atoms in total. The van der Waals surface area contributed by atoms with E-state index in [1.807, 2.05) is 31.2 Å². The van der Waals surface area contributed by atoms with Gasteiger partial charge in [0, 0.05) is 6.54 Å². The second-order valence-electron chi connectivity index (χ2n) is 6.95. The number of thiazole rings is 1. The van der Waals surface area contributed by atoms with Crippen LogP contribution in [0.15, 0.2) is 29.4 Å². The lowest BCUT2D eigenvalue weighted by Crippen LogP contribution is -2.34. The first-order valence-electron chi connectivity index (χ1n) is 9.03. The van der Waals surface area contributed by atoms with Crippen LogP contribution in [0.25, 0.3) is 10.2 Å². The van der Waals surface area contributed by atoms with Crippen molar-refractivity contribution in [2.75, 3.05) is 5.32 Å². The molecule has 9 heteroatoms. The lowest BCUT2D eigenvalue weighted by Gasteiger charge is -2.10. The highest BCUT2D eigenvalue weighted by atomic mass is 35.5. The molecule has 0 fully saturated rings. The van der Waals surface area contributed by atoms with Gasteiger partial charge in [0.15, 0.2) is 5.13 Å². The largest absolute Gasteiger partial charge is 0.350 e. The number of benzene rings is 1. The molecule has 0 radical (unpaired) electrons. The lowest BCUT2D eigenvalue weighted by molar-refractivity contribution is -0.121. The summed E-state index contributed by atoms with van der Waals surface area (Å²) >= 11 is 7.88. The SMILES string of the molecule is Cc1nn(CC(C)C)c(Cl)c1/C=N\NC(=O)[C@@H](C)Nc1nc2ccccc2s1. The van der Waals surface area contributed by atoms with Gasteiger partial charge in [0.05, 0.1) is 27.7 Å². The number of aromatic nitrogens is 3. The minimum Gasteiger partial charge on any atom is -0.350 e. The zero-order chi connectivity index (χ0) is 20.3. The van der Waals surface area contributed by atoms with Gasteiger partial charge in [-0.25, -0.2) is 10.4 Å². The van der Waals surface area contributed by atoms with Crippen molar-refractivity contribution in [3.8, 4) is 0 Å². The van der Waals surface area contributed by atoms with Gasteiger partial charge in [-0.3, -0.25) is 9.48 Å². The molecule has 0 bridgehead atoms. The Balaban J connectivity index is 1.61. The van der Waals surface area contributed by atoms with Crippen molar-refractivity contribution in [3.05, 3.63) is 40.7 Å². The molecule has 3 aromatic rings. The van der Waals surface area contributed by atoms with Crippen LogP contribution in [-0.4, -0.2) is 32.9 Å². The van der Waals surface area contributed by atoms with Crippen LogP contribution < -0.4 is 10.7 Å². The number of anilines is 1. The Hall–Kier alpha value is -2.45. The van der Waals surface area contributed by atoms with Crippen LogP contribution in [0.5, 0.6) is 0 Å². The number of nitrogens with zero attached hydrogens (tertiary/aromatic N) is 4. The summed E-state index contributed by atoms with van der Waals surface area (Å²) in [4.78, 5) is 16.8. The van der Waals surface area contributed by atoms with Gasteiger partial charge in [0.1, 0.15) is 11.2 Å². The summed E-state index contributed by atoms with van der Waals surface area (Å²) in [5.41, 5.74) is 4.92. The van der Waals surface area contributed by atoms with Crippen molar-refractivity contribution in [2.24, 2.45) is 11.0 Å². The second kappa shape index (κ2) is 8.70. The Morgan fingerprint density at radius 1 is 1.36 bits per heavy atom. The Labute approximate surface area is 172 Å². The first-order valence-corrected chi connectivity index (χ1v) is 10.2. The maximum absolute atomic E-state index is 12.3. The van der Waals surface area contributed by atoms with Crippen LogP contribution in [0.1, 0.15) is 32.0 Å². The summed E-state index contributed by atoms with van der Waals surface area (Å²) in [5, 5.41) is 12.8. The summed E-state index contributed by atoms with van der Waals surface area (Å²) in [6, 6.07) is 7.35. The molecule has 0 aliphatic rings. The van der Waals surface area contributed by atoms with Gasteiger partial charge in [-0.15, -0.1) is 0 Å². The Morgan fingerprint density at radius 2 is 2.11 bits per heavy atom. The van der Waals surface area contributed by atoms with E-state index in [1.165, 1.54) is 17.6 Å². The number of halogens is 1. The first-order chi connectivity index (χ1) is 13.3. The van der Waals surface area contributed by atoms with Crippen LogP contribution in [-0.2, 0) is 11.3 Å². The fourth-order valence-electron chi connectivity index (χ4n) is 2.62. The molecule has 0 spiro atoms. The van der Waals surface area contributed by atoms with E-state index in [-0.39, 0.29) is 5.91 Å². The number of fused-ring (bicyclic) bond motifs is 1. The summed E-state index contributed by atoms with van der Waals surface area (Å²) < 4.78 is 2.82. The lowest BCUT2D eigenvalue weighted by atomic mass is 10.2. The van der Waals surface area contributed by atoms with E-state index >= 15 is 0 Å². The van der Waals surface area contributed by atoms with Crippen molar-refractivity contribution in [1.82, 2.24) is 20.2 Å². The Kier molecular flexibility index (Phi) is 6.31. The molecule has 2 heterocycles. The average molecular weight is 419 g/mol. The number of hydrogen-bond donors (Lipinski definition) is 2. The van der Waals surface area contributed by atoms with Gasteiger partial charge < -0.3 is 5.32 Å². The molecule has 1 atom stereocenters. The molecule has 148 valence electrons. The molecule has 2 N–H and O–H groups in total. The zero-order valence-corrected chi connectivity index (χ0v) is 17.8. The highest BCUT2D eigenvalue weighted by molar-refractivity contribution is 7.22. The van der Waals surface area contributed by atoms with Crippen molar-refractivity contribution in [1.29, 1.82) is 0 Å². The van der Waals surface area contributed by atoms with Crippen LogP contribution in [0.4, 0.5) is 5.13 Å². The predicted octanol–water partition coefficient (Wildman–Crippen LogP) is 4.06. The number of nitrogens with one attached hydrogen (secondary N) is 2. The third-order valence-electron chi connectivity index (χ3n) is 4.04. The van der Waals surface area contributed by atoms with Crippen molar-refractivity contribution in [2.45, 2.75) is 40.3 Å². The van der Waals surface area contributed by atoms with Gasteiger partial charge in [-0.1, -0.05) is 48.9 Å². The molecule has 1 amide bonds. The summed E-state index contributed by atoms with van der Waals surface area (Å²) in [5.74, 6) is 0.162. The standard InChI is InChI=1S/C19H23ClN6OS/c1-11(2)10-26-17(20)14(12(3)25-26)9-21-24-18(27)13(4)22-19-23-15-7-5-6-8-16(15)28-19/h5-9,11,13H,10H2,1-4H3,(H,22,23)(H,24,27)/b21-9-/t13-/m1/s1. The predicted molar refractivity (Wildman–Crippen MR) is 115 cm³/mol. The van der Waals surface area contributed by atoms with Gasteiger partial charge in [-0.2, -0.15) is 10.2 Å². The quantitative estimate of drug-likeness (QED) is 0.447. The molecule has 3 rings (SSSR count). The summed E-state index contributed by atoms with van der Waals surface area (Å²) in [7, 11) is 0. The summed E-state index contributed by atoms with van der Waals surface area (Å²) in [6.45, 7) is 8.55. The van der Waals surface area contributed by atoms with Crippen LogP contribution in [0.3, 0.4) is 0 Å². The van der Waals surface area contributed by atoms with E-state index in [0.717, 1.165) is 22.5 Å². The molecular weight excluding hydrogens is 396 g/mol. The fraction of sp³-hybridized carbons (Fsp3) is 0.368. The number of hydrogen-bond acceptors (Lipinski definition) is 6. The van der Waals surface area contributed by atoms with Gasteiger partial charge in [0.25, 0.3) is 5.91 Å². The van der Waals surface area contributed by atoms with E-state index in [2.05, 4.69) is 39.8 Å². The van der Waals surface area contributed by atoms with Gasteiger partial charge in [0.2, 0.25) is 0 Å². The van der Waals surface area contributed by atoms with Crippen molar-refractivity contribution in [3.63, 3.8) is 0 Å². The Bertz CT molecular complexity index is 976. The molecule has 2 aromatic heterocycles. The highest BCUT2D eigenvalue weighted by Gasteiger charge is 2.15. The number of amides is 1. The van der Waals surface area contributed by atoms with E-state index in [1.54, 1.807) is 11.6 Å².